The summed E-state index contributed by atoms with van der Waals surface area (Å²) >= 11 is 0. The lowest BCUT2D eigenvalue weighted by atomic mass is 10.1. The predicted molar refractivity (Wildman–Crippen MR) is 61.1 cm³/mol. The van der Waals surface area contributed by atoms with Crippen LogP contribution in [0.15, 0.2) is 30.3 Å². The summed E-state index contributed by atoms with van der Waals surface area (Å²) in [4.78, 5) is 0. The van der Waals surface area contributed by atoms with Crippen LogP contribution in [0.1, 0.15) is 31.9 Å². The second-order valence-corrected chi connectivity index (χ2v) is 3.64. The number of hydrogen-bond donors (Lipinski definition) is 2. The van der Waals surface area contributed by atoms with E-state index in [0.717, 1.165) is 6.42 Å². The molecule has 0 fully saturated rings. The van der Waals surface area contributed by atoms with Crippen molar-refractivity contribution in [2.24, 2.45) is 5.73 Å². The van der Waals surface area contributed by atoms with E-state index in [1.54, 1.807) is 0 Å². The summed E-state index contributed by atoms with van der Waals surface area (Å²) in [5.74, 6) is 0. The van der Waals surface area contributed by atoms with Gasteiger partial charge in [0.05, 0.1) is 0 Å². The number of rotatable bonds is 5. The summed E-state index contributed by atoms with van der Waals surface area (Å²) < 4.78 is 0. The summed E-state index contributed by atoms with van der Waals surface area (Å²) in [7, 11) is 0. The normalized spacial score (nSPS) is 15.1. The summed E-state index contributed by atoms with van der Waals surface area (Å²) in [6.07, 6.45) is 1.08. The first-order valence-corrected chi connectivity index (χ1v) is 5.29. The average Bonchev–Trinajstić information content (AvgIpc) is 2.26. The van der Waals surface area contributed by atoms with Crippen LogP contribution in [0.2, 0.25) is 0 Å². The molecule has 14 heavy (non-hydrogen) atoms. The zero-order chi connectivity index (χ0) is 10.4. The zero-order valence-corrected chi connectivity index (χ0v) is 9.03. The van der Waals surface area contributed by atoms with Crippen molar-refractivity contribution in [2.75, 3.05) is 6.54 Å². The number of nitrogens with one attached hydrogen (secondary N) is 1. The molecule has 0 heterocycles. The molecule has 2 unspecified atom stereocenters. The quantitative estimate of drug-likeness (QED) is 0.749. The Morgan fingerprint density at radius 1 is 1.29 bits per heavy atom. The van der Waals surface area contributed by atoms with E-state index in [9.17, 15) is 0 Å². The summed E-state index contributed by atoms with van der Waals surface area (Å²) in [5, 5.41) is 3.51. The molecule has 0 spiro atoms. The lowest BCUT2D eigenvalue weighted by Crippen LogP contribution is -2.37. The molecular formula is C12H20N2. The summed E-state index contributed by atoms with van der Waals surface area (Å²) in [6.45, 7) is 5.03. The van der Waals surface area contributed by atoms with Gasteiger partial charge in [-0.25, -0.2) is 0 Å². The van der Waals surface area contributed by atoms with Gasteiger partial charge in [0, 0.05) is 18.6 Å². The van der Waals surface area contributed by atoms with Crippen molar-refractivity contribution in [3.63, 3.8) is 0 Å². The maximum atomic E-state index is 5.65. The third kappa shape index (κ3) is 3.13. The highest BCUT2D eigenvalue weighted by molar-refractivity contribution is 5.18. The number of hydrogen-bond acceptors (Lipinski definition) is 2. The van der Waals surface area contributed by atoms with Crippen LogP contribution in [0.5, 0.6) is 0 Å². The predicted octanol–water partition coefficient (Wildman–Crippen LogP) is 2.07. The third-order valence-corrected chi connectivity index (χ3v) is 2.56. The molecule has 1 aromatic rings. The van der Waals surface area contributed by atoms with Gasteiger partial charge in [-0.15, -0.1) is 0 Å². The first-order valence-electron chi connectivity index (χ1n) is 5.29. The first kappa shape index (κ1) is 11.2. The van der Waals surface area contributed by atoms with Crippen LogP contribution in [0, 0.1) is 0 Å². The molecule has 0 aliphatic rings. The molecule has 0 aliphatic heterocycles. The fraction of sp³-hybridized carbons (Fsp3) is 0.500. The first-order chi connectivity index (χ1) is 6.77. The van der Waals surface area contributed by atoms with Crippen molar-refractivity contribution < 1.29 is 0 Å². The maximum Gasteiger partial charge on any atom is 0.0294 e. The molecule has 0 aromatic heterocycles. The van der Waals surface area contributed by atoms with Crippen molar-refractivity contribution in [3.8, 4) is 0 Å². The van der Waals surface area contributed by atoms with Gasteiger partial charge in [0.25, 0.3) is 0 Å². The molecule has 1 rings (SSSR count). The Balaban J connectivity index is 2.54. The summed E-state index contributed by atoms with van der Waals surface area (Å²) in [6, 6.07) is 11.3. The van der Waals surface area contributed by atoms with Gasteiger partial charge >= 0.3 is 0 Å². The molecular weight excluding hydrogens is 172 g/mol. The van der Waals surface area contributed by atoms with E-state index in [-0.39, 0.29) is 0 Å². The minimum Gasteiger partial charge on any atom is -0.329 e. The highest BCUT2D eigenvalue weighted by atomic mass is 15.0. The maximum absolute atomic E-state index is 5.65. The fourth-order valence-corrected chi connectivity index (χ4v) is 1.54. The second-order valence-electron chi connectivity index (χ2n) is 3.64. The highest BCUT2D eigenvalue weighted by Gasteiger charge is 2.09. The van der Waals surface area contributed by atoms with E-state index in [2.05, 4.69) is 43.4 Å². The van der Waals surface area contributed by atoms with Gasteiger partial charge in [-0.3, -0.25) is 0 Å². The van der Waals surface area contributed by atoms with Crippen molar-refractivity contribution in [3.05, 3.63) is 35.9 Å². The number of nitrogens with two attached hydrogens (primary N) is 1. The molecule has 3 N–H and O–H groups in total. The van der Waals surface area contributed by atoms with Gasteiger partial charge in [0.1, 0.15) is 0 Å². The van der Waals surface area contributed by atoms with E-state index >= 15 is 0 Å². The van der Waals surface area contributed by atoms with E-state index in [4.69, 9.17) is 5.73 Å². The van der Waals surface area contributed by atoms with Gasteiger partial charge < -0.3 is 11.1 Å². The summed E-state index contributed by atoms with van der Waals surface area (Å²) in [5.41, 5.74) is 6.97. The number of benzene rings is 1. The van der Waals surface area contributed by atoms with Crippen molar-refractivity contribution in [2.45, 2.75) is 32.4 Å². The smallest absolute Gasteiger partial charge is 0.0294 e. The Morgan fingerprint density at radius 3 is 2.43 bits per heavy atom. The molecule has 2 nitrogen and oxygen atoms in total. The average molecular weight is 192 g/mol. The van der Waals surface area contributed by atoms with Crippen LogP contribution in [-0.2, 0) is 0 Å². The van der Waals surface area contributed by atoms with E-state index in [1.165, 1.54) is 5.56 Å². The van der Waals surface area contributed by atoms with Crippen molar-refractivity contribution >= 4 is 0 Å². The lowest BCUT2D eigenvalue weighted by molar-refractivity contribution is 0.449. The Hall–Kier alpha value is -0.860. The van der Waals surface area contributed by atoms with Gasteiger partial charge in [0.2, 0.25) is 0 Å². The Labute approximate surface area is 86.5 Å². The topological polar surface area (TPSA) is 38.0 Å². The monoisotopic (exact) mass is 192 g/mol. The molecule has 0 amide bonds. The standard InChI is InChI=1S/C12H20N2/c1-3-12(9-13)14-10(2)11-7-5-4-6-8-11/h4-8,10,12,14H,3,9,13H2,1-2H3. The molecule has 78 valence electrons. The molecule has 0 bridgehead atoms. The Bertz CT molecular complexity index is 242. The fourth-order valence-electron chi connectivity index (χ4n) is 1.54. The van der Waals surface area contributed by atoms with E-state index in [0.29, 0.717) is 18.6 Å². The van der Waals surface area contributed by atoms with Crippen LogP contribution < -0.4 is 11.1 Å². The van der Waals surface area contributed by atoms with Crippen LogP contribution in [0.4, 0.5) is 0 Å². The molecule has 0 radical (unpaired) electrons. The molecule has 0 saturated heterocycles. The van der Waals surface area contributed by atoms with Crippen LogP contribution in [-0.4, -0.2) is 12.6 Å². The van der Waals surface area contributed by atoms with Gasteiger partial charge in [-0.2, -0.15) is 0 Å². The van der Waals surface area contributed by atoms with Crippen LogP contribution >= 0.6 is 0 Å². The largest absolute Gasteiger partial charge is 0.329 e. The zero-order valence-electron chi connectivity index (χ0n) is 9.03. The van der Waals surface area contributed by atoms with Crippen LogP contribution in [0.3, 0.4) is 0 Å². The molecule has 0 aliphatic carbocycles. The minimum absolute atomic E-state index is 0.379. The van der Waals surface area contributed by atoms with Gasteiger partial charge in [-0.05, 0) is 18.9 Å². The third-order valence-electron chi connectivity index (χ3n) is 2.56. The Kier molecular flexibility index (Phi) is 4.63. The lowest BCUT2D eigenvalue weighted by Gasteiger charge is -2.21. The molecule has 1 aromatic carbocycles. The highest BCUT2D eigenvalue weighted by Crippen LogP contribution is 2.12. The van der Waals surface area contributed by atoms with Gasteiger partial charge in [0.15, 0.2) is 0 Å². The SMILES string of the molecule is CCC(CN)NC(C)c1ccccc1. The van der Waals surface area contributed by atoms with Gasteiger partial charge in [-0.1, -0.05) is 37.3 Å². The van der Waals surface area contributed by atoms with Crippen LogP contribution in [0.25, 0.3) is 0 Å². The van der Waals surface area contributed by atoms with E-state index < -0.39 is 0 Å². The Morgan fingerprint density at radius 2 is 1.93 bits per heavy atom. The van der Waals surface area contributed by atoms with Crippen molar-refractivity contribution in [1.29, 1.82) is 0 Å². The van der Waals surface area contributed by atoms with E-state index in [1.807, 2.05) is 6.07 Å². The minimum atomic E-state index is 0.379. The molecule has 0 saturated carbocycles. The molecule has 2 heteroatoms. The second kappa shape index (κ2) is 5.78. The molecule has 2 atom stereocenters. The van der Waals surface area contributed by atoms with Crippen molar-refractivity contribution in [1.82, 2.24) is 5.32 Å².